The summed E-state index contributed by atoms with van der Waals surface area (Å²) in [4.78, 5) is 13.1. The van der Waals surface area contributed by atoms with Gasteiger partial charge in [0.25, 0.3) is 0 Å². The molecule has 0 bridgehead atoms. The Morgan fingerprint density at radius 1 is 1.53 bits per heavy atom. The third kappa shape index (κ3) is 3.73. The minimum atomic E-state index is -4.09. The topological polar surface area (TPSA) is 117 Å². The molecule has 1 aromatic heterocycles. The molecule has 1 atom stereocenters. The van der Waals surface area contributed by atoms with E-state index in [1.165, 1.54) is 0 Å². The molecular weight excluding hydrogens is 255 g/mol. The SMILES string of the molecule is O=C(O)C(O)CNS(=O)(=O)c1cncc(F)c1. The van der Waals surface area contributed by atoms with Gasteiger partial charge in [-0.2, -0.15) is 0 Å². The van der Waals surface area contributed by atoms with Crippen molar-refractivity contribution in [3.8, 4) is 0 Å². The zero-order chi connectivity index (χ0) is 13.1. The van der Waals surface area contributed by atoms with E-state index >= 15 is 0 Å². The first-order chi connectivity index (χ1) is 7.83. The fourth-order valence-electron chi connectivity index (χ4n) is 0.899. The predicted octanol–water partition coefficient (Wildman–Crippen LogP) is -1.06. The Hall–Kier alpha value is -1.58. The van der Waals surface area contributed by atoms with E-state index in [0.29, 0.717) is 0 Å². The van der Waals surface area contributed by atoms with Crippen LogP contribution in [0.3, 0.4) is 0 Å². The van der Waals surface area contributed by atoms with Gasteiger partial charge < -0.3 is 10.2 Å². The molecule has 0 aliphatic heterocycles. The van der Waals surface area contributed by atoms with Gasteiger partial charge in [-0.1, -0.05) is 0 Å². The Morgan fingerprint density at radius 3 is 2.71 bits per heavy atom. The molecule has 1 unspecified atom stereocenters. The molecule has 0 aromatic carbocycles. The lowest BCUT2D eigenvalue weighted by molar-refractivity contribution is -0.146. The van der Waals surface area contributed by atoms with Crippen molar-refractivity contribution in [2.75, 3.05) is 6.54 Å². The highest BCUT2D eigenvalue weighted by Crippen LogP contribution is 2.08. The average molecular weight is 264 g/mol. The van der Waals surface area contributed by atoms with E-state index in [9.17, 15) is 17.6 Å². The second-order valence-corrected chi connectivity index (χ2v) is 4.81. The Morgan fingerprint density at radius 2 is 2.18 bits per heavy atom. The Labute approximate surface area is 96.0 Å². The molecule has 0 radical (unpaired) electrons. The summed E-state index contributed by atoms with van der Waals surface area (Å²) in [7, 11) is -4.09. The van der Waals surface area contributed by atoms with Gasteiger partial charge in [-0.05, 0) is 6.07 Å². The maximum atomic E-state index is 12.7. The lowest BCUT2D eigenvalue weighted by atomic mass is 10.4. The maximum Gasteiger partial charge on any atom is 0.333 e. The van der Waals surface area contributed by atoms with Gasteiger partial charge >= 0.3 is 5.97 Å². The third-order valence-electron chi connectivity index (χ3n) is 1.74. The standard InChI is InChI=1S/C8H9FN2O5S/c9-5-1-6(3-10-2-5)17(15,16)11-4-7(12)8(13)14/h1-3,7,11-12H,4H2,(H,13,14). The number of pyridine rings is 1. The third-order valence-corrected chi connectivity index (χ3v) is 3.13. The van der Waals surface area contributed by atoms with Crippen molar-refractivity contribution in [1.29, 1.82) is 0 Å². The summed E-state index contributed by atoms with van der Waals surface area (Å²) < 4.78 is 37.5. The summed E-state index contributed by atoms with van der Waals surface area (Å²) in [6.07, 6.45) is -0.143. The van der Waals surface area contributed by atoms with Crippen LogP contribution in [0.15, 0.2) is 23.4 Å². The fraction of sp³-hybridized carbons (Fsp3) is 0.250. The summed E-state index contributed by atoms with van der Waals surface area (Å²) >= 11 is 0. The zero-order valence-corrected chi connectivity index (χ0v) is 9.19. The molecule has 17 heavy (non-hydrogen) atoms. The first-order valence-corrected chi connectivity index (χ1v) is 5.82. The van der Waals surface area contributed by atoms with Crippen molar-refractivity contribution in [2.45, 2.75) is 11.0 Å². The number of nitrogens with one attached hydrogen (secondary N) is 1. The van der Waals surface area contributed by atoms with E-state index in [1.807, 2.05) is 4.72 Å². The quantitative estimate of drug-likeness (QED) is 0.624. The molecule has 1 heterocycles. The molecule has 0 spiro atoms. The van der Waals surface area contributed by atoms with Gasteiger partial charge in [0.2, 0.25) is 10.0 Å². The molecule has 0 saturated carbocycles. The van der Waals surface area contributed by atoms with E-state index in [0.717, 1.165) is 18.5 Å². The van der Waals surface area contributed by atoms with Gasteiger partial charge in [0.15, 0.2) is 6.10 Å². The maximum absolute atomic E-state index is 12.7. The van der Waals surface area contributed by atoms with E-state index in [1.54, 1.807) is 0 Å². The predicted molar refractivity (Wildman–Crippen MR) is 53.0 cm³/mol. The van der Waals surface area contributed by atoms with Crippen molar-refractivity contribution < 1.29 is 27.8 Å². The van der Waals surface area contributed by atoms with Gasteiger partial charge in [0, 0.05) is 12.7 Å². The molecule has 0 saturated heterocycles. The van der Waals surface area contributed by atoms with Gasteiger partial charge in [0.1, 0.15) is 10.7 Å². The van der Waals surface area contributed by atoms with E-state index < -0.39 is 39.4 Å². The summed E-state index contributed by atoms with van der Waals surface area (Å²) in [5, 5.41) is 17.2. The Balaban J connectivity index is 2.79. The zero-order valence-electron chi connectivity index (χ0n) is 8.37. The lowest BCUT2D eigenvalue weighted by Crippen LogP contribution is -2.36. The van der Waals surface area contributed by atoms with Crippen LogP contribution in [0.1, 0.15) is 0 Å². The first-order valence-electron chi connectivity index (χ1n) is 4.34. The Bertz CT molecular complexity index is 518. The molecule has 1 aromatic rings. The number of sulfonamides is 1. The second-order valence-electron chi connectivity index (χ2n) is 3.04. The van der Waals surface area contributed by atoms with Crippen LogP contribution in [0.5, 0.6) is 0 Å². The summed E-state index contributed by atoms with van der Waals surface area (Å²) in [6, 6.07) is 0.725. The van der Waals surface area contributed by atoms with Crippen molar-refractivity contribution in [3.05, 3.63) is 24.3 Å². The lowest BCUT2D eigenvalue weighted by Gasteiger charge is -2.08. The molecule has 3 N–H and O–H groups in total. The van der Waals surface area contributed by atoms with Crippen molar-refractivity contribution in [1.82, 2.24) is 9.71 Å². The van der Waals surface area contributed by atoms with Crippen molar-refractivity contribution >= 4 is 16.0 Å². The van der Waals surface area contributed by atoms with Gasteiger partial charge in [-0.3, -0.25) is 4.98 Å². The van der Waals surface area contributed by atoms with Crippen LogP contribution in [0.25, 0.3) is 0 Å². The van der Waals surface area contributed by atoms with Crippen LogP contribution in [0, 0.1) is 5.82 Å². The number of halogens is 1. The average Bonchev–Trinajstić information content (AvgIpc) is 2.26. The summed E-state index contributed by atoms with van der Waals surface area (Å²) in [5.74, 6) is -2.41. The number of aliphatic hydroxyl groups is 1. The monoisotopic (exact) mass is 264 g/mol. The van der Waals surface area contributed by atoms with E-state index in [2.05, 4.69) is 4.98 Å². The highest BCUT2D eigenvalue weighted by Gasteiger charge is 2.19. The van der Waals surface area contributed by atoms with Gasteiger partial charge in [0.05, 0.1) is 6.20 Å². The number of aliphatic hydroxyl groups excluding tert-OH is 1. The van der Waals surface area contributed by atoms with Crippen molar-refractivity contribution in [3.63, 3.8) is 0 Å². The normalized spacial score (nSPS) is 13.3. The number of rotatable bonds is 5. The van der Waals surface area contributed by atoms with Crippen LogP contribution in [0.4, 0.5) is 4.39 Å². The minimum absolute atomic E-state index is 0.449. The number of nitrogens with zero attached hydrogens (tertiary/aromatic N) is 1. The summed E-state index contributed by atoms with van der Waals surface area (Å²) in [6.45, 7) is -0.714. The van der Waals surface area contributed by atoms with Crippen molar-refractivity contribution in [2.24, 2.45) is 0 Å². The molecule has 0 aliphatic carbocycles. The smallest absolute Gasteiger partial charge is 0.333 e. The molecule has 7 nitrogen and oxygen atoms in total. The number of hydrogen-bond acceptors (Lipinski definition) is 5. The molecular formula is C8H9FN2O5S. The number of carboxylic acids is 1. The molecule has 1 rings (SSSR count). The summed E-state index contributed by atoms with van der Waals surface area (Å²) in [5.41, 5.74) is 0. The molecule has 94 valence electrons. The van der Waals surface area contributed by atoms with E-state index in [-0.39, 0.29) is 0 Å². The number of aromatic nitrogens is 1. The van der Waals surface area contributed by atoms with Crippen LogP contribution in [-0.2, 0) is 14.8 Å². The van der Waals surface area contributed by atoms with Gasteiger partial charge in [-0.15, -0.1) is 0 Å². The molecule has 0 amide bonds. The van der Waals surface area contributed by atoms with Crippen LogP contribution >= 0.6 is 0 Å². The molecule has 0 aliphatic rings. The number of hydrogen-bond donors (Lipinski definition) is 3. The highest BCUT2D eigenvalue weighted by molar-refractivity contribution is 7.89. The van der Waals surface area contributed by atoms with Crippen LogP contribution in [0.2, 0.25) is 0 Å². The highest BCUT2D eigenvalue weighted by atomic mass is 32.2. The van der Waals surface area contributed by atoms with Crippen LogP contribution < -0.4 is 4.72 Å². The Kier molecular flexibility index (Phi) is 4.10. The van der Waals surface area contributed by atoms with Crippen LogP contribution in [-0.4, -0.2) is 42.2 Å². The first kappa shape index (κ1) is 13.5. The number of aliphatic carboxylic acids is 1. The van der Waals surface area contributed by atoms with E-state index in [4.69, 9.17) is 10.2 Å². The molecule has 0 fully saturated rings. The fourth-order valence-corrected chi connectivity index (χ4v) is 1.91. The largest absolute Gasteiger partial charge is 0.479 e. The second kappa shape index (κ2) is 5.17. The van der Waals surface area contributed by atoms with Gasteiger partial charge in [-0.25, -0.2) is 22.3 Å². The number of carbonyl (C=O) groups is 1. The number of carboxylic acid groups (broad SMARTS) is 1. The molecule has 9 heteroatoms. The minimum Gasteiger partial charge on any atom is -0.479 e.